The average molecular weight is 245 g/mol. The van der Waals surface area contributed by atoms with E-state index < -0.39 is 6.55 Å². The number of hydrogen-bond donors (Lipinski definition) is 1. The minimum absolute atomic E-state index is 0.0682. The van der Waals surface area contributed by atoms with Crippen LogP contribution in [0.2, 0.25) is 5.02 Å². The minimum Gasteiger partial charge on any atom is -0.507 e. The van der Waals surface area contributed by atoms with Gasteiger partial charge in [0.2, 0.25) is 0 Å². The largest absolute Gasteiger partial charge is 0.507 e. The number of aromatic nitrogens is 2. The van der Waals surface area contributed by atoms with E-state index in [1.165, 1.54) is 12.3 Å². The number of halogens is 3. The van der Waals surface area contributed by atoms with Gasteiger partial charge < -0.3 is 5.11 Å². The van der Waals surface area contributed by atoms with Gasteiger partial charge in [-0.1, -0.05) is 11.6 Å². The van der Waals surface area contributed by atoms with Crippen molar-refractivity contribution >= 4 is 11.6 Å². The normalized spacial score (nSPS) is 11.0. The van der Waals surface area contributed by atoms with Gasteiger partial charge in [-0.2, -0.15) is 13.9 Å². The zero-order chi connectivity index (χ0) is 11.7. The van der Waals surface area contributed by atoms with E-state index in [2.05, 4.69) is 5.10 Å². The van der Waals surface area contributed by atoms with Crippen LogP contribution in [-0.4, -0.2) is 14.9 Å². The van der Waals surface area contributed by atoms with Crippen molar-refractivity contribution in [2.24, 2.45) is 0 Å². The fourth-order valence-corrected chi connectivity index (χ4v) is 1.50. The molecule has 3 nitrogen and oxygen atoms in total. The molecule has 1 heterocycles. The zero-order valence-corrected chi connectivity index (χ0v) is 8.70. The molecule has 6 heteroatoms. The van der Waals surface area contributed by atoms with E-state index in [4.69, 9.17) is 11.6 Å². The average Bonchev–Trinajstić information content (AvgIpc) is 2.66. The lowest BCUT2D eigenvalue weighted by Gasteiger charge is -2.01. The van der Waals surface area contributed by atoms with Crippen molar-refractivity contribution in [1.29, 1.82) is 0 Å². The number of benzene rings is 1. The van der Waals surface area contributed by atoms with Gasteiger partial charge in [0, 0.05) is 22.3 Å². The molecular weight excluding hydrogens is 238 g/mol. The van der Waals surface area contributed by atoms with Crippen molar-refractivity contribution in [2.75, 3.05) is 0 Å². The lowest BCUT2D eigenvalue weighted by Crippen LogP contribution is -1.96. The molecule has 0 saturated carbocycles. The summed E-state index contributed by atoms with van der Waals surface area (Å²) in [5.74, 6) is -0.0682. The van der Waals surface area contributed by atoms with Crippen LogP contribution in [0.3, 0.4) is 0 Å². The summed E-state index contributed by atoms with van der Waals surface area (Å²) < 4.78 is 25.1. The smallest absolute Gasteiger partial charge is 0.333 e. The van der Waals surface area contributed by atoms with Crippen molar-refractivity contribution in [3.63, 3.8) is 0 Å². The fourth-order valence-electron chi connectivity index (χ4n) is 1.33. The van der Waals surface area contributed by atoms with Crippen molar-refractivity contribution in [3.8, 4) is 16.9 Å². The molecule has 0 unspecified atom stereocenters. The quantitative estimate of drug-likeness (QED) is 0.880. The predicted octanol–water partition coefficient (Wildman–Crippen LogP) is 3.30. The first-order valence-electron chi connectivity index (χ1n) is 4.39. The molecule has 16 heavy (non-hydrogen) atoms. The Morgan fingerprint density at radius 1 is 1.38 bits per heavy atom. The molecule has 0 aliphatic rings. The van der Waals surface area contributed by atoms with Gasteiger partial charge in [0.05, 0.1) is 6.20 Å². The van der Waals surface area contributed by atoms with Crippen molar-refractivity contribution in [1.82, 2.24) is 9.78 Å². The van der Waals surface area contributed by atoms with E-state index in [-0.39, 0.29) is 5.75 Å². The number of nitrogens with zero attached hydrogens (tertiary/aromatic N) is 2. The maximum absolute atomic E-state index is 12.3. The predicted molar refractivity (Wildman–Crippen MR) is 55.6 cm³/mol. The highest BCUT2D eigenvalue weighted by Gasteiger charge is 2.11. The zero-order valence-electron chi connectivity index (χ0n) is 7.94. The van der Waals surface area contributed by atoms with Gasteiger partial charge >= 0.3 is 6.55 Å². The van der Waals surface area contributed by atoms with Crippen LogP contribution in [0, 0.1) is 0 Å². The molecule has 1 aromatic carbocycles. The maximum Gasteiger partial charge on any atom is 0.333 e. The number of hydrogen-bond acceptors (Lipinski definition) is 2. The summed E-state index contributed by atoms with van der Waals surface area (Å²) in [5, 5.41) is 13.4. The summed E-state index contributed by atoms with van der Waals surface area (Å²) in [5.41, 5.74) is 0.825. The van der Waals surface area contributed by atoms with Crippen LogP contribution in [0.25, 0.3) is 11.1 Å². The van der Waals surface area contributed by atoms with E-state index in [1.54, 1.807) is 12.1 Å². The summed E-state index contributed by atoms with van der Waals surface area (Å²) in [6.07, 6.45) is 2.42. The summed E-state index contributed by atoms with van der Waals surface area (Å²) in [4.78, 5) is 0. The van der Waals surface area contributed by atoms with Crippen molar-refractivity contribution < 1.29 is 13.9 Å². The molecule has 0 saturated heterocycles. The van der Waals surface area contributed by atoms with Crippen LogP contribution in [0.4, 0.5) is 8.78 Å². The Hall–Kier alpha value is -1.62. The molecule has 0 fully saturated rings. The second-order valence-corrected chi connectivity index (χ2v) is 3.58. The van der Waals surface area contributed by atoms with E-state index in [9.17, 15) is 13.9 Å². The highest BCUT2D eigenvalue weighted by molar-refractivity contribution is 6.30. The fraction of sp³-hybridized carbons (Fsp3) is 0.100. The first kappa shape index (κ1) is 10.9. The number of phenols is 1. The third-order valence-corrected chi connectivity index (χ3v) is 2.31. The molecule has 84 valence electrons. The van der Waals surface area contributed by atoms with Gasteiger partial charge in [-0.25, -0.2) is 4.68 Å². The van der Waals surface area contributed by atoms with Crippen LogP contribution in [-0.2, 0) is 0 Å². The van der Waals surface area contributed by atoms with Gasteiger partial charge in [-0.05, 0) is 18.2 Å². The van der Waals surface area contributed by atoms with Crippen molar-refractivity contribution in [2.45, 2.75) is 6.55 Å². The minimum atomic E-state index is -2.69. The number of aromatic hydroxyl groups is 1. The summed E-state index contributed by atoms with van der Waals surface area (Å²) in [6, 6.07) is 4.46. The Kier molecular flexibility index (Phi) is 2.78. The van der Waals surface area contributed by atoms with E-state index in [0.29, 0.717) is 20.8 Å². The molecule has 0 aliphatic carbocycles. The molecule has 0 radical (unpaired) electrons. The van der Waals surface area contributed by atoms with Crippen LogP contribution >= 0.6 is 11.6 Å². The molecule has 2 aromatic rings. The molecule has 1 aromatic heterocycles. The first-order valence-corrected chi connectivity index (χ1v) is 4.77. The number of phenolic OH excluding ortho intramolecular Hbond substituents is 1. The molecule has 0 amide bonds. The second-order valence-electron chi connectivity index (χ2n) is 3.15. The lowest BCUT2D eigenvalue weighted by atomic mass is 10.1. The van der Waals surface area contributed by atoms with Gasteiger partial charge in [-0.15, -0.1) is 0 Å². The molecule has 2 rings (SSSR count). The van der Waals surface area contributed by atoms with Gasteiger partial charge in [-0.3, -0.25) is 0 Å². The molecule has 0 atom stereocenters. The summed E-state index contributed by atoms with van der Waals surface area (Å²) >= 11 is 5.66. The topological polar surface area (TPSA) is 38.1 Å². The van der Waals surface area contributed by atoms with E-state index in [0.717, 1.165) is 6.20 Å². The van der Waals surface area contributed by atoms with Crippen LogP contribution in [0.1, 0.15) is 6.55 Å². The van der Waals surface area contributed by atoms with Crippen LogP contribution < -0.4 is 0 Å². The Bertz CT molecular complexity index is 513. The number of rotatable bonds is 2. The Balaban J connectivity index is 2.42. The van der Waals surface area contributed by atoms with E-state index in [1.807, 2.05) is 0 Å². The van der Waals surface area contributed by atoms with Gasteiger partial charge in [0.1, 0.15) is 5.75 Å². The SMILES string of the molecule is Oc1cc(Cl)ccc1-c1cnn(C(F)F)c1. The highest BCUT2D eigenvalue weighted by Crippen LogP contribution is 2.31. The van der Waals surface area contributed by atoms with Crippen LogP contribution in [0.5, 0.6) is 5.75 Å². The monoisotopic (exact) mass is 244 g/mol. The van der Waals surface area contributed by atoms with Crippen LogP contribution in [0.15, 0.2) is 30.6 Å². The third-order valence-electron chi connectivity index (χ3n) is 2.07. The molecule has 0 spiro atoms. The molecule has 1 N–H and O–H groups in total. The molecule has 0 aliphatic heterocycles. The summed E-state index contributed by atoms with van der Waals surface area (Å²) in [6.45, 7) is -2.69. The number of alkyl halides is 2. The molecule has 0 bridgehead atoms. The Morgan fingerprint density at radius 3 is 2.69 bits per heavy atom. The molecular formula is C10H7ClF2N2O. The maximum atomic E-state index is 12.3. The standard InChI is InChI=1S/C10H7ClF2N2O/c11-7-1-2-8(9(16)3-7)6-4-14-15(5-6)10(12)13/h1-5,10,16H. The first-order chi connectivity index (χ1) is 7.58. The third kappa shape index (κ3) is 1.99. The Labute approximate surface area is 94.9 Å². The second kappa shape index (κ2) is 4.09. The van der Waals surface area contributed by atoms with Gasteiger partial charge in [0.15, 0.2) is 0 Å². The van der Waals surface area contributed by atoms with Crippen molar-refractivity contribution in [3.05, 3.63) is 35.6 Å². The lowest BCUT2D eigenvalue weighted by molar-refractivity contribution is 0.0566. The highest BCUT2D eigenvalue weighted by atomic mass is 35.5. The van der Waals surface area contributed by atoms with E-state index >= 15 is 0 Å². The summed E-state index contributed by atoms with van der Waals surface area (Å²) in [7, 11) is 0. The van der Waals surface area contributed by atoms with Gasteiger partial charge in [0.25, 0.3) is 0 Å². The Morgan fingerprint density at radius 2 is 2.12 bits per heavy atom.